The summed E-state index contributed by atoms with van der Waals surface area (Å²) in [7, 11) is 0. The van der Waals surface area contributed by atoms with Gasteiger partial charge in [0.05, 0.1) is 5.75 Å². The van der Waals surface area contributed by atoms with Crippen molar-refractivity contribution in [1.82, 2.24) is 25.8 Å². The number of carbonyl (C=O) groups excluding carboxylic acids is 2. The maximum absolute atomic E-state index is 11.8. The van der Waals surface area contributed by atoms with Crippen LogP contribution in [-0.2, 0) is 4.79 Å². The largest absolute Gasteiger partial charge is 0.368 e. The van der Waals surface area contributed by atoms with E-state index < -0.39 is 6.03 Å². The minimum atomic E-state index is -0.436. The van der Waals surface area contributed by atoms with Crippen molar-refractivity contribution in [3.8, 4) is 0 Å². The summed E-state index contributed by atoms with van der Waals surface area (Å²) in [6.45, 7) is 2.12. The van der Waals surface area contributed by atoms with E-state index >= 15 is 0 Å². The zero-order chi connectivity index (χ0) is 15.2. The van der Waals surface area contributed by atoms with E-state index in [0.29, 0.717) is 11.1 Å². The lowest BCUT2D eigenvalue weighted by molar-refractivity contribution is -0.117. The van der Waals surface area contributed by atoms with Crippen LogP contribution in [0.5, 0.6) is 0 Å². The van der Waals surface area contributed by atoms with Gasteiger partial charge in [-0.3, -0.25) is 10.1 Å². The van der Waals surface area contributed by atoms with E-state index in [1.807, 2.05) is 0 Å². The molecule has 0 aliphatic heterocycles. The number of nitrogens with one attached hydrogen (secondary N) is 3. The van der Waals surface area contributed by atoms with E-state index in [9.17, 15) is 9.59 Å². The number of aromatic nitrogens is 3. The second-order valence-corrected chi connectivity index (χ2v) is 6.12. The molecule has 1 heterocycles. The zero-order valence-electron chi connectivity index (χ0n) is 11.9. The van der Waals surface area contributed by atoms with Gasteiger partial charge in [0.15, 0.2) is 0 Å². The van der Waals surface area contributed by atoms with Crippen LogP contribution in [-0.4, -0.2) is 38.9 Å². The number of thioether (sulfide) groups is 1. The molecule has 8 nitrogen and oxygen atoms in total. The number of nitrogens with zero attached hydrogens (tertiary/aromatic N) is 2. The minimum absolute atomic E-state index is 0.0604. The Labute approximate surface area is 127 Å². The maximum Gasteiger partial charge on any atom is 0.321 e. The summed E-state index contributed by atoms with van der Waals surface area (Å²) in [6.07, 6.45) is 4.40. The van der Waals surface area contributed by atoms with Gasteiger partial charge in [-0.05, 0) is 18.8 Å². The molecule has 1 aliphatic rings. The summed E-state index contributed by atoms with van der Waals surface area (Å²) in [5.74, 6) is 0.321. The van der Waals surface area contributed by atoms with Crippen LogP contribution < -0.4 is 16.4 Å². The highest BCUT2D eigenvalue weighted by Crippen LogP contribution is 2.23. The molecule has 1 aromatic heterocycles. The molecular formula is C12H20N6O2S. The van der Waals surface area contributed by atoms with Crippen LogP contribution in [0.1, 0.15) is 32.6 Å². The molecule has 2 atom stereocenters. The Morgan fingerprint density at radius 3 is 2.86 bits per heavy atom. The molecule has 9 heteroatoms. The Morgan fingerprint density at radius 1 is 1.43 bits per heavy atom. The number of anilines is 1. The molecule has 0 radical (unpaired) electrons. The van der Waals surface area contributed by atoms with Gasteiger partial charge in [-0.1, -0.05) is 31.5 Å². The van der Waals surface area contributed by atoms with Gasteiger partial charge in [-0.25, -0.2) is 9.89 Å². The first-order chi connectivity index (χ1) is 10.0. The predicted octanol–water partition coefficient (Wildman–Crippen LogP) is 0.884. The summed E-state index contributed by atoms with van der Waals surface area (Å²) in [5, 5.41) is 11.8. The highest BCUT2D eigenvalue weighted by molar-refractivity contribution is 7.99. The van der Waals surface area contributed by atoms with E-state index in [2.05, 4.69) is 32.7 Å². The summed E-state index contributed by atoms with van der Waals surface area (Å²) in [4.78, 5) is 27.3. The number of aromatic amines is 1. The van der Waals surface area contributed by atoms with Crippen molar-refractivity contribution in [2.45, 2.75) is 43.8 Å². The van der Waals surface area contributed by atoms with Crippen LogP contribution in [0.3, 0.4) is 0 Å². The van der Waals surface area contributed by atoms with Crippen molar-refractivity contribution in [3.63, 3.8) is 0 Å². The van der Waals surface area contributed by atoms with Gasteiger partial charge in [0, 0.05) is 6.04 Å². The van der Waals surface area contributed by atoms with Gasteiger partial charge >= 0.3 is 6.03 Å². The van der Waals surface area contributed by atoms with Crippen molar-refractivity contribution in [1.29, 1.82) is 0 Å². The van der Waals surface area contributed by atoms with Crippen LogP contribution in [0, 0.1) is 5.92 Å². The second-order valence-electron chi connectivity index (χ2n) is 5.18. The van der Waals surface area contributed by atoms with Crippen LogP contribution in [0.4, 0.5) is 10.7 Å². The quantitative estimate of drug-likeness (QED) is 0.612. The van der Waals surface area contributed by atoms with Crippen LogP contribution in [0.15, 0.2) is 5.16 Å². The molecule has 0 unspecified atom stereocenters. The molecule has 1 aliphatic carbocycles. The molecule has 1 saturated carbocycles. The number of hydrogen-bond acceptors (Lipinski definition) is 6. The number of carbonyl (C=O) groups is 2. The van der Waals surface area contributed by atoms with Gasteiger partial charge in [0.25, 0.3) is 0 Å². The average Bonchev–Trinajstić information content (AvgIpc) is 2.85. The smallest absolute Gasteiger partial charge is 0.321 e. The maximum atomic E-state index is 11.8. The number of amides is 3. The van der Waals surface area contributed by atoms with Crippen LogP contribution in [0.2, 0.25) is 0 Å². The second kappa shape index (κ2) is 7.30. The van der Waals surface area contributed by atoms with Gasteiger partial charge < -0.3 is 11.1 Å². The molecule has 0 bridgehead atoms. The van der Waals surface area contributed by atoms with Crippen molar-refractivity contribution in [2.24, 2.45) is 5.92 Å². The fourth-order valence-electron chi connectivity index (χ4n) is 2.35. The topological polar surface area (TPSA) is 126 Å². The molecule has 1 aromatic rings. The minimum Gasteiger partial charge on any atom is -0.368 e. The van der Waals surface area contributed by atoms with E-state index in [0.717, 1.165) is 31.0 Å². The molecule has 0 aromatic carbocycles. The molecule has 0 spiro atoms. The average molecular weight is 312 g/mol. The molecule has 21 heavy (non-hydrogen) atoms. The van der Waals surface area contributed by atoms with Gasteiger partial charge in [-0.2, -0.15) is 4.98 Å². The molecule has 116 valence electrons. The number of nitrogen functional groups attached to an aromatic ring is 1. The first-order valence-electron chi connectivity index (χ1n) is 6.95. The fourth-order valence-corrected chi connectivity index (χ4v) is 2.96. The van der Waals surface area contributed by atoms with Crippen molar-refractivity contribution in [2.75, 3.05) is 11.5 Å². The Balaban J connectivity index is 1.70. The Kier molecular flexibility index (Phi) is 5.43. The number of imide groups is 1. The third kappa shape index (κ3) is 4.92. The fraction of sp³-hybridized carbons (Fsp3) is 0.667. The SMILES string of the molecule is C[C@H]1CCCC[C@H]1NC(=O)NC(=O)CSc1n[nH]c(N)n1. The Morgan fingerprint density at radius 2 is 2.19 bits per heavy atom. The molecule has 5 N–H and O–H groups in total. The molecular weight excluding hydrogens is 292 g/mol. The first-order valence-corrected chi connectivity index (χ1v) is 7.94. The van der Waals surface area contributed by atoms with Crippen LogP contribution >= 0.6 is 11.8 Å². The third-order valence-corrected chi connectivity index (χ3v) is 4.34. The molecule has 0 saturated heterocycles. The van der Waals surface area contributed by atoms with Crippen LogP contribution in [0.25, 0.3) is 0 Å². The summed E-state index contributed by atoms with van der Waals surface area (Å²) in [5.41, 5.74) is 5.38. The van der Waals surface area contributed by atoms with Crippen molar-refractivity contribution in [3.05, 3.63) is 0 Å². The highest BCUT2D eigenvalue weighted by Gasteiger charge is 2.23. The lowest BCUT2D eigenvalue weighted by Gasteiger charge is -2.29. The molecule has 2 rings (SSSR count). The normalized spacial score (nSPS) is 21.8. The first kappa shape index (κ1) is 15.6. The van der Waals surface area contributed by atoms with Gasteiger partial charge in [0.2, 0.25) is 17.0 Å². The number of rotatable bonds is 4. The summed E-state index contributed by atoms with van der Waals surface area (Å²) in [6, 6.07) is -0.291. The lowest BCUT2D eigenvalue weighted by atomic mass is 9.86. The van der Waals surface area contributed by atoms with Crippen molar-refractivity contribution >= 4 is 29.6 Å². The standard InChI is InChI=1S/C12H20N6O2S/c1-7-4-2-3-5-8(7)14-11(20)15-9(19)6-21-12-16-10(13)17-18-12/h7-8H,2-6H2,1H3,(H3,13,16,17,18)(H2,14,15,19,20)/t7-,8+/m0/s1. The third-order valence-electron chi connectivity index (χ3n) is 3.50. The van der Waals surface area contributed by atoms with Gasteiger partial charge in [0.1, 0.15) is 0 Å². The number of nitrogens with two attached hydrogens (primary N) is 1. The molecule has 1 fully saturated rings. The number of urea groups is 1. The zero-order valence-corrected chi connectivity index (χ0v) is 12.7. The molecule has 3 amide bonds. The van der Waals surface area contributed by atoms with Gasteiger partial charge in [-0.15, -0.1) is 5.10 Å². The Hall–Kier alpha value is -1.77. The van der Waals surface area contributed by atoms with Crippen molar-refractivity contribution < 1.29 is 9.59 Å². The lowest BCUT2D eigenvalue weighted by Crippen LogP contribution is -2.48. The van der Waals surface area contributed by atoms with E-state index in [1.54, 1.807) is 0 Å². The summed E-state index contributed by atoms with van der Waals surface area (Å²) >= 11 is 1.11. The Bertz CT molecular complexity index is 506. The monoisotopic (exact) mass is 312 g/mol. The van der Waals surface area contributed by atoms with E-state index in [1.165, 1.54) is 6.42 Å². The van der Waals surface area contributed by atoms with E-state index in [4.69, 9.17) is 5.73 Å². The van der Waals surface area contributed by atoms with E-state index in [-0.39, 0.29) is 23.7 Å². The number of H-pyrrole nitrogens is 1. The highest BCUT2D eigenvalue weighted by atomic mass is 32.2. The summed E-state index contributed by atoms with van der Waals surface area (Å²) < 4.78 is 0. The predicted molar refractivity (Wildman–Crippen MR) is 79.6 cm³/mol. The number of hydrogen-bond donors (Lipinski definition) is 4.